The van der Waals surface area contributed by atoms with Crippen molar-refractivity contribution in [2.24, 2.45) is 5.92 Å². The lowest BCUT2D eigenvalue weighted by atomic mass is 9.94. The maximum Gasteiger partial charge on any atom is 0.323 e. The van der Waals surface area contributed by atoms with E-state index in [0.717, 1.165) is 37.8 Å². The number of anilines is 2. The van der Waals surface area contributed by atoms with Crippen molar-refractivity contribution in [2.75, 3.05) is 62.2 Å². The fourth-order valence-corrected chi connectivity index (χ4v) is 4.13. The molecule has 28 heavy (non-hydrogen) atoms. The van der Waals surface area contributed by atoms with Crippen LogP contribution in [0.15, 0.2) is 24.3 Å². The van der Waals surface area contributed by atoms with Crippen molar-refractivity contribution < 1.29 is 14.7 Å². The van der Waals surface area contributed by atoms with Gasteiger partial charge in [-0.2, -0.15) is 0 Å². The van der Waals surface area contributed by atoms with E-state index in [1.165, 1.54) is 50.7 Å². The van der Waals surface area contributed by atoms with Crippen LogP contribution in [0.4, 0.5) is 11.4 Å². The Morgan fingerprint density at radius 3 is 2.32 bits per heavy atom. The van der Waals surface area contributed by atoms with Crippen molar-refractivity contribution in [3.05, 3.63) is 24.3 Å². The van der Waals surface area contributed by atoms with Gasteiger partial charge in [0.05, 0.1) is 0 Å². The molecule has 154 valence electrons. The highest BCUT2D eigenvalue weighted by molar-refractivity contribution is 5.96. The van der Waals surface area contributed by atoms with Crippen molar-refractivity contribution >= 4 is 23.3 Å². The average Bonchev–Trinajstić information content (AvgIpc) is 2.71. The van der Waals surface area contributed by atoms with Crippen LogP contribution in [-0.2, 0) is 9.59 Å². The van der Waals surface area contributed by atoms with Gasteiger partial charge in [0.1, 0.15) is 6.54 Å². The summed E-state index contributed by atoms with van der Waals surface area (Å²) in [5.41, 5.74) is 1.75. The summed E-state index contributed by atoms with van der Waals surface area (Å²) in [6, 6.07) is 7.64. The zero-order valence-electron chi connectivity index (χ0n) is 16.8. The van der Waals surface area contributed by atoms with E-state index >= 15 is 0 Å². The van der Waals surface area contributed by atoms with E-state index in [1.807, 2.05) is 24.3 Å². The minimum Gasteiger partial charge on any atom is -0.480 e. The maximum absolute atomic E-state index is 11.7. The number of aliphatic carboxylic acids is 1. The summed E-state index contributed by atoms with van der Waals surface area (Å²) < 4.78 is 0. The highest BCUT2D eigenvalue weighted by Gasteiger charge is 2.20. The molecule has 0 unspecified atom stereocenters. The van der Waals surface area contributed by atoms with Gasteiger partial charge in [0.25, 0.3) is 0 Å². The van der Waals surface area contributed by atoms with E-state index in [1.54, 1.807) is 0 Å². The van der Waals surface area contributed by atoms with Crippen LogP contribution in [0, 0.1) is 5.92 Å². The second-order valence-corrected chi connectivity index (χ2v) is 7.83. The number of carbonyl (C=O) groups excluding carboxylic acids is 1. The Hall–Kier alpha value is -2.12. The SMILES string of the molecule is CC(=O)N(CC(=O)O)c1ccc(N2CCN(CCC3CCNCC3)CC2)cc1. The summed E-state index contributed by atoms with van der Waals surface area (Å²) in [6.45, 7) is 8.75. The van der Waals surface area contributed by atoms with E-state index in [0.29, 0.717) is 5.69 Å². The van der Waals surface area contributed by atoms with Gasteiger partial charge in [-0.3, -0.25) is 14.5 Å². The number of nitrogens with one attached hydrogen (secondary N) is 1. The zero-order chi connectivity index (χ0) is 19.9. The van der Waals surface area contributed by atoms with Gasteiger partial charge in [0.2, 0.25) is 5.91 Å². The first-order valence-corrected chi connectivity index (χ1v) is 10.3. The Bertz CT molecular complexity index is 650. The summed E-state index contributed by atoms with van der Waals surface area (Å²) in [5.74, 6) is -0.403. The molecule has 1 amide bonds. The fourth-order valence-electron chi connectivity index (χ4n) is 4.13. The number of hydrogen-bond donors (Lipinski definition) is 2. The molecule has 0 saturated carbocycles. The highest BCUT2D eigenvalue weighted by atomic mass is 16.4. The summed E-state index contributed by atoms with van der Waals surface area (Å²) in [6.07, 6.45) is 3.93. The lowest BCUT2D eigenvalue weighted by Crippen LogP contribution is -2.47. The molecule has 2 aliphatic rings. The number of piperidine rings is 1. The molecule has 0 atom stereocenters. The zero-order valence-corrected chi connectivity index (χ0v) is 16.8. The predicted octanol–water partition coefficient (Wildman–Crippen LogP) is 1.64. The third-order valence-corrected chi connectivity index (χ3v) is 5.88. The van der Waals surface area contributed by atoms with Gasteiger partial charge in [-0.15, -0.1) is 0 Å². The van der Waals surface area contributed by atoms with Crippen molar-refractivity contribution in [3.8, 4) is 0 Å². The number of benzene rings is 1. The second kappa shape index (κ2) is 9.89. The minimum atomic E-state index is -1.01. The van der Waals surface area contributed by atoms with Crippen LogP contribution in [0.2, 0.25) is 0 Å². The Kier molecular flexibility index (Phi) is 7.28. The molecule has 1 aromatic rings. The minimum absolute atomic E-state index is 0.266. The smallest absolute Gasteiger partial charge is 0.323 e. The van der Waals surface area contributed by atoms with Crippen LogP contribution in [0.5, 0.6) is 0 Å². The molecule has 2 saturated heterocycles. The molecule has 7 nitrogen and oxygen atoms in total. The Balaban J connectivity index is 1.48. The van der Waals surface area contributed by atoms with Crippen LogP contribution in [-0.4, -0.2) is 74.2 Å². The number of nitrogens with zero attached hydrogens (tertiary/aromatic N) is 3. The van der Waals surface area contributed by atoms with Crippen molar-refractivity contribution in [2.45, 2.75) is 26.2 Å². The number of rotatable bonds is 7. The van der Waals surface area contributed by atoms with E-state index in [-0.39, 0.29) is 12.5 Å². The molecule has 1 aromatic carbocycles. The highest BCUT2D eigenvalue weighted by Crippen LogP contribution is 2.23. The maximum atomic E-state index is 11.7. The van der Waals surface area contributed by atoms with E-state index in [4.69, 9.17) is 5.11 Å². The first-order valence-electron chi connectivity index (χ1n) is 10.3. The summed E-state index contributed by atoms with van der Waals surface area (Å²) >= 11 is 0. The van der Waals surface area contributed by atoms with Crippen molar-refractivity contribution in [3.63, 3.8) is 0 Å². The summed E-state index contributed by atoms with van der Waals surface area (Å²) in [4.78, 5) is 28.9. The number of hydrogen-bond acceptors (Lipinski definition) is 5. The number of carbonyl (C=O) groups is 2. The molecule has 2 heterocycles. The number of carboxylic acid groups (broad SMARTS) is 1. The lowest BCUT2D eigenvalue weighted by Gasteiger charge is -2.37. The molecule has 7 heteroatoms. The molecule has 2 fully saturated rings. The molecule has 0 aliphatic carbocycles. The van der Waals surface area contributed by atoms with Crippen LogP contribution in [0.25, 0.3) is 0 Å². The predicted molar refractivity (Wildman–Crippen MR) is 111 cm³/mol. The van der Waals surface area contributed by atoms with Gasteiger partial charge in [-0.25, -0.2) is 0 Å². The molecule has 0 radical (unpaired) electrons. The van der Waals surface area contributed by atoms with E-state index in [2.05, 4.69) is 15.1 Å². The normalized spacial score (nSPS) is 18.8. The van der Waals surface area contributed by atoms with E-state index in [9.17, 15) is 9.59 Å². The second-order valence-electron chi connectivity index (χ2n) is 7.83. The molecule has 0 spiro atoms. The van der Waals surface area contributed by atoms with Gasteiger partial charge in [-0.1, -0.05) is 0 Å². The third kappa shape index (κ3) is 5.69. The average molecular weight is 389 g/mol. The first-order chi connectivity index (χ1) is 13.5. The number of amides is 1. The number of piperazine rings is 1. The Labute approximate surface area is 167 Å². The van der Waals surface area contributed by atoms with Gasteiger partial charge in [-0.05, 0) is 69.1 Å². The third-order valence-electron chi connectivity index (χ3n) is 5.88. The summed E-state index contributed by atoms with van der Waals surface area (Å²) in [5, 5.41) is 12.4. The van der Waals surface area contributed by atoms with Gasteiger partial charge < -0.3 is 20.2 Å². The van der Waals surface area contributed by atoms with Crippen molar-refractivity contribution in [1.82, 2.24) is 10.2 Å². The lowest BCUT2D eigenvalue weighted by molar-refractivity contribution is -0.136. The largest absolute Gasteiger partial charge is 0.480 e. The molecule has 3 rings (SSSR count). The standard InChI is InChI=1S/C21H32N4O3/c1-17(26)25(16-21(27)28)20-4-2-19(3-5-20)24-14-12-23(13-15-24)11-8-18-6-9-22-10-7-18/h2-5,18,22H,6-16H2,1H3,(H,27,28). The molecular formula is C21H32N4O3. The molecule has 2 N–H and O–H groups in total. The van der Waals surface area contributed by atoms with Crippen LogP contribution in [0.3, 0.4) is 0 Å². The quantitative estimate of drug-likeness (QED) is 0.740. The monoisotopic (exact) mass is 388 g/mol. The number of carboxylic acids is 1. The first kappa shape index (κ1) is 20.6. The van der Waals surface area contributed by atoms with Crippen LogP contribution in [0.1, 0.15) is 26.2 Å². The molecule has 0 bridgehead atoms. The Morgan fingerprint density at radius 2 is 1.75 bits per heavy atom. The van der Waals surface area contributed by atoms with Crippen LogP contribution >= 0.6 is 0 Å². The van der Waals surface area contributed by atoms with Crippen molar-refractivity contribution in [1.29, 1.82) is 0 Å². The van der Waals surface area contributed by atoms with Crippen LogP contribution < -0.4 is 15.1 Å². The topological polar surface area (TPSA) is 76.1 Å². The Morgan fingerprint density at radius 1 is 1.11 bits per heavy atom. The van der Waals surface area contributed by atoms with E-state index < -0.39 is 5.97 Å². The molecular weight excluding hydrogens is 356 g/mol. The molecule has 0 aromatic heterocycles. The summed E-state index contributed by atoms with van der Waals surface area (Å²) in [7, 11) is 0. The van der Waals surface area contributed by atoms with Gasteiger partial charge in [0, 0.05) is 44.5 Å². The molecule has 2 aliphatic heterocycles. The fraction of sp³-hybridized carbons (Fsp3) is 0.619. The van der Waals surface area contributed by atoms with Gasteiger partial charge in [0.15, 0.2) is 0 Å². The van der Waals surface area contributed by atoms with Gasteiger partial charge >= 0.3 is 5.97 Å².